The van der Waals surface area contributed by atoms with E-state index >= 15 is 0 Å². The molecule has 7 nitrogen and oxygen atoms in total. The Morgan fingerprint density at radius 3 is 2.00 bits per heavy atom. The number of hydrogen-bond acceptors (Lipinski definition) is 7. The topological polar surface area (TPSA) is 84.0 Å². The van der Waals surface area contributed by atoms with Gasteiger partial charge in [0.05, 0.1) is 36.6 Å². The lowest BCUT2D eigenvalue weighted by Crippen LogP contribution is -2.41. The number of aromatic nitrogens is 1. The molecule has 1 saturated heterocycles. The first kappa shape index (κ1) is 17.4. The molecule has 0 spiro atoms. The fraction of sp³-hybridized carbons (Fsp3) is 0.533. The van der Waals surface area contributed by atoms with Crippen molar-refractivity contribution in [2.45, 2.75) is 38.9 Å². The summed E-state index contributed by atoms with van der Waals surface area (Å²) in [5, 5.41) is 0. The number of methoxy groups -OCH3 is 2. The number of carbonyl (C=O) groups is 2. The Hall–Kier alpha value is -1.93. The van der Waals surface area contributed by atoms with E-state index in [0.717, 1.165) is 0 Å². The van der Waals surface area contributed by atoms with Crippen LogP contribution < -0.4 is 5.59 Å². The van der Waals surface area contributed by atoms with Gasteiger partial charge in [-0.1, -0.05) is 0 Å². The highest BCUT2D eigenvalue weighted by Gasteiger charge is 2.52. The largest absolute Gasteiger partial charge is 0.514 e. The molecule has 1 aromatic heterocycles. The zero-order chi connectivity index (χ0) is 17.4. The van der Waals surface area contributed by atoms with Crippen LogP contribution in [0.4, 0.5) is 0 Å². The lowest BCUT2D eigenvalue weighted by atomic mass is 9.83. The van der Waals surface area contributed by atoms with E-state index in [1.165, 1.54) is 26.4 Å². The first-order valence-electron chi connectivity index (χ1n) is 7.15. The number of rotatable bonds is 3. The Balaban J connectivity index is 2.46. The van der Waals surface area contributed by atoms with Crippen molar-refractivity contribution < 1.29 is 28.4 Å². The number of pyridine rings is 1. The van der Waals surface area contributed by atoms with Crippen LogP contribution in [0.25, 0.3) is 0 Å². The average Bonchev–Trinajstić information content (AvgIpc) is 2.73. The molecule has 0 atom stereocenters. The second-order valence-electron chi connectivity index (χ2n) is 6.24. The SMILES string of the molecule is COC(=O)c1cc(B2OC(C)(C)C(C)(C)O2)nc(C(=O)OC)c1. The predicted octanol–water partition coefficient (Wildman–Crippen LogP) is 0.954. The van der Waals surface area contributed by atoms with Gasteiger partial charge in [0, 0.05) is 0 Å². The third-order valence-electron chi connectivity index (χ3n) is 4.16. The molecular formula is C15H20BNO6. The van der Waals surface area contributed by atoms with Crippen LogP contribution in [0.1, 0.15) is 48.5 Å². The Morgan fingerprint density at radius 1 is 1.00 bits per heavy atom. The number of esters is 2. The molecule has 0 unspecified atom stereocenters. The van der Waals surface area contributed by atoms with Gasteiger partial charge in [0.25, 0.3) is 0 Å². The highest BCUT2D eigenvalue weighted by atomic mass is 16.7. The van der Waals surface area contributed by atoms with Crippen molar-refractivity contribution in [3.63, 3.8) is 0 Å². The van der Waals surface area contributed by atoms with Crippen LogP contribution in [0.2, 0.25) is 0 Å². The summed E-state index contributed by atoms with van der Waals surface area (Å²) in [7, 11) is 1.70. The van der Waals surface area contributed by atoms with Crippen molar-refractivity contribution in [1.29, 1.82) is 0 Å². The fourth-order valence-corrected chi connectivity index (χ4v) is 2.08. The summed E-state index contributed by atoms with van der Waals surface area (Å²) in [6, 6.07) is 2.80. The van der Waals surface area contributed by atoms with Gasteiger partial charge in [-0.2, -0.15) is 0 Å². The number of hydrogen-bond donors (Lipinski definition) is 0. The lowest BCUT2D eigenvalue weighted by molar-refractivity contribution is 0.00578. The van der Waals surface area contributed by atoms with E-state index < -0.39 is 30.3 Å². The van der Waals surface area contributed by atoms with E-state index in [-0.39, 0.29) is 11.3 Å². The molecule has 1 aliphatic rings. The van der Waals surface area contributed by atoms with Crippen molar-refractivity contribution >= 4 is 24.7 Å². The van der Waals surface area contributed by atoms with Crippen molar-refractivity contribution in [3.05, 3.63) is 23.4 Å². The van der Waals surface area contributed by atoms with Crippen LogP contribution in [-0.4, -0.2) is 49.5 Å². The Kier molecular flexibility index (Phi) is 4.50. The van der Waals surface area contributed by atoms with Gasteiger partial charge in [-0.15, -0.1) is 0 Å². The van der Waals surface area contributed by atoms with Crippen LogP contribution in [0, 0.1) is 0 Å². The highest BCUT2D eigenvalue weighted by molar-refractivity contribution is 6.61. The van der Waals surface area contributed by atoms with Crippen molar-refractivity contribution in [3.8, 4) is 0 Å². The van der Waals surface area contributed by atoms with Gasteiger partial charge >= 0.3 is 19.1 Å². The van der Waals surface area contributed by atoms with Gasteiger partial charge in [0.15, 0.2) is 0 Å². The minimum Gasteiger partial charge on any atom is -0.465 e. The zero-order valence-corrected chi connectivity index (χ0v) is 14.1. The average molecular weight is 321 g/mol. The maximum Gasteiger partial charge on any atom is 0.514 e. The molecule has 0 bridgehead atoms. The normalized spacial score (nSPS) is 18.6. The Morgan fingerprint density at radius 2 is 1.52 bits per heavy atom. The van der Waals surface area contributed by atoms with Gasteiger partial charge in [-0.3, -0.25) is 0 Å². The summed E-state index contributed by atoms with van der Waals surface area (Å²) < 4.78 is 21.2. The first-order chi connectivity index (χ1) is 10.6. The molecule has 0 N–H and O–H groups in total. The Labute approximate surface area is 135 Å². The van der Waals surface area contributed by atoms with Crippen LogP contribution in [0.15, 0.2) is 12.1 Å². The molecule has 2 rings (SSSR count). The molecule has 2 heterocycles. The quantitative estimate of drug-likeness (QED) is 0.605. The third kappa shape index (κ3) is 3.23. The predicted molar refractivity (Wildman–Crippen MR) is 82.6 cm³/mol. The second-order valence-corrected chi connectivity index (χ2v) is 6.24. The summed E-state index contributed by atoms with van der Waals surface area (Å²) in [5.74, 6) is -1.25. The summed E-state index contributed by atoms with van der Waals surface area (Å²) in [4.78, 5) is 27.8. The highest BCUT2D eigenvalue weighted by Crippen LogP contribution is 2.36. The molecule has 1 aromatic rings. The van der Waals surface area contributed by atoms with Gasteiger partial charge in [0.2, 0.25) is 0 Å². The van der Waals surface area contributed by atoms with Crippen molar-refractivity contribution in [2.75, 3.05) is 14.2 Å². The summed E-state index contributed by atoms with van der Waals surface area (Å²) >= 11 is 0. The number of nitrogens with zero attached hydrogens (tertiary/aromatic N) is 1. The molecular weight excluding hydrogens is 301 g/mol. The number of ether oxygens (including phenoxy) is 2. The molecule has 0 saturated carbocycles. The molecule has 0 aliphatic carbocycles. The standard InChI is InChI=1S/C15H20BNO6/c1-14(2)15(3,4)23-16(22-14)11-8-9(12(18)20-5)7-10(17-11)13(19)21-6/h7-8H,1-6H3. The summed E-state index contributed by atoms with van der Waals surface area (Å²) in [5.41, 5.74) is -0.655. The van der Waals surface area contributed by atoms with Crippen molar-refractivity contribution in [2.24, 2.45) is 0 Å². The second kappa shape index (κ2) is 5.94. The third-order valence-corrected chi connectivity index (χ3v) is 4.16. The first-order valence-corrected chi connectivity index (χ1v) is 7.15. The van der Waals surface area contributed by atoms with E-state index in [1.807, 2.05) is 27.7 Å². The van der Waals surface area contributed by atoms with Crippen molar-refractivity contribution in [1.82, 2.24) is 4.98 Å². The monoisotopic (exact) mass is 321 g/mol. The lowest BCUT2D eigenvalue weighted by Gasteiger charge is -2.32. The minimum absolute atomic E-state index is 0.0138. The molecule has 1 fully saturated rings. The molecule has 124 valence electrons. The number of carbonyl (C=O) groups excluding carboxylic acids is 2. The zero-order valence-electron chi connectivity index (χ0n) is 14.1. The van der Waals surface area contributed by atoms with Crippen LogP contribution >= 0.6 is 0 Å². The van der Waals surface area contributed by atoms with Gasteiger partial charge in [-0.25, -0.2) is 14.6 Å². The maximum absolute atomic E-state index is 11.8. The smallest absolute Gasteiger partial charge is 0.465 e. The van der Waals surface area contributed by atoms with E-state index in [9.17, 15) is 9.59 Å². The van der Waals surface area contributed by atoms with Gasteiger partial charge in [-0.05, 0) is 39.8 Å². The van der Waals surface area contributed by atoms with Crippen LogP contribution in [0.5, 0.6) is 0 Å². The summed E-state index contributed by atoms with van der Waals surface area (Å²) in [6.07, 6.45) is 0. The van der Waals surface area contributed by atoms with E-state index in [4.69, 9.17) is 14.0 Å². The van der Waals surface area contributed by atoms with Crippen LogP contribution in [0.3, 0.4) is 0 Å². The van der Waals surface area contributed by atoms with E-state index in [2.05, 4.69) is 9.72 Å². The molecule has 8 heteroatoms. The summed E-state index contributed by atoms with van der Waals surface area (Å²) in [6.45, 7) is 7.60. The van der Waals surface area contributed by atoms with E-state index in [1.54, 1.807) is 0 Å². The fourth-order valence-electron chi connectivity index (χ4n) is 2.08. The maximum atomic E-state index is 11.8. The Bertz CT molecular complexity index is 593. The van der Waals surface area contributed by atoms with Gasteiger partial charge in [0.1, 0.15) is 5.69 Å². The van der Waals surface area contributed by atoms with E-state index in [0.29, 0.717) is 5.59 Å². The van der Waals surface area contributed by atoms with Crippen LogP contribution in [-0.2, 0) is 18.8 Å². The molecule has 0 amide bonds. The van der Waals surface area contributed by atoms with Gasteiger partial charge < -0.3 is 18.8 Å². The minimum atomic E-state index is -0.798. The molecule has 0 radical (unpaired) electrons. The molecule has 0 aromatic carbocycles. The molecule has 23 heavy (non-hydrogen) atoms. The molecule has 1 aliphatic heterocycles.